The Morgan fingerprint density at radius 1 is 1.86 bits per heavy atom. The average molecular weight is 105 g/mol. The molecule has 7 heavy (non-hydrogen) atoms. The van der Waals surface area contributed by atoms with Crippen molar-refractivity contribution in [1.82, 2.24) is 10.8 Å². The van der Waals surface area contributed by atoms with E-state index in [1.165, 1.54) is 5.48 Å². The fourth-order valence-corrected chi connectivity index (χ4v) is 0.132. The highest BCUT2D eigenvalue weighted by molar-refractivity contribution is 5.72. The molecule has 42 valence electrons. The van der Waals surface area contributed by atoms with Gasteiger partial charge in [-0.1, -0.05) is 0 Å². The van der Waals surface area contributed by atoms with Gasteiger partial charge in [0.15, 0.2) is 0 Å². The monoisotopic (exact) mass is 105 g/mol. The van der Waals surface area contributed by atoms with Gasteiger partial charge in [0.2, 0.25) is 0 Å². The summed E-state index contributed by atoms with van der Waals surface area (Å²) >= 11 is 0. The molecule has 0 aromatic heterocycles. The van der Waals surface area contributed by atoms with E-state index in [9.17, 15) is 4.79 Å². The maximum atomic E-state index is 9.86. The molecular formula is C2H7N3O2. The summed E-state index contributed by atoms with van der Waals surface area (Å²) in [7, 11) is 0. The Morgan fingerprint density at radius 3 is 2.57 bits per heavy atom. The molecule has 0 spiro atoms. The van der Waals surface area contributed by atoms with E-state index in [1.54, 1.807) is 0 Å². The average Bonchev–Trinajstić information content (AvgIpc) is 1.68. The third-order valence-electron chi connectivity index (χ3n) is 0.364. The van der Waals surface area contributed by atoms with E-state index in [4.69, 9.17) is 10.9 Å². The zero-order valence-electron chi connectivity index (χ0n) is 3.64. The number of rotatable bonds is 1. The lowest BCUT2D eigenvalue weighted by atomic mass is 11.0. The van der Waals surface area contributed by atoms with Crippen LogP contribution >= 0.6 is 0 Å². The maximum Gasteiger partial charge on any atom is 0.339 e. The van der Waals surface area contributed by atoms with Crippen LogP contribution in [0.4, 0.5) is 4.79 Å². The van der Waals surface area contributed by atoms with Gasteiger partial charge in [0.05, 0.1) is 6.67 Å². The molecule has 2 amide bonds. The van der Waals surface area contributed by atoms with E-state index in [0.29, 0.717) is 0 Å². The third-order valence-corrected chi connectivity index (χ3v) is 0.364. The van der Waals surface area contributed by atoms with Crippen molar-refractivity contribution in [3.63, 3.8) is 0 Å². The fraction of sp³-hybridized carbons (Fsp3) is 0.500. The van der Waals surface area contributed by atoms with Gasteiger partial charge < -0.3 is 11.1 Å². The molecule has 0 radical (unpaired) electrons. The molecule has 0 aliphatic heterocycles. The van der Waals surface area contributed by atoms with Gasteiger partial charge in [-0.3, -0.25) is 5.21 Å². The lowest BCUT2D eigenvalue weighted by Gasteiger charge is -1.95. The van der Waals surface area contributed by atoms with Crippen LogP contribution in [0.3, 0.4) is 0 Å². The minimum atomic E-state index is -0.692. The van der Waals surface area contributed by atoms with Gasteiger partial charge in [0.25, 0.3) is 0 Å². The van der Waals surface area contributed by atoms with Crippen molar-refractivity contribution >= 4 is 6.03 Å². The summed E-state index contributed by atoms with van der Waals surface area (Å²) in [4.78, 5) is 9.86. The molecule has 5 N–H and O–H groups in total. The number of urea groups is 1. The van der Waals surface area contributed by atoms with Gasteiger partial charge in [-0.2, -0.15) is 0 Å². The Labute approximate surface area is 40.5 Å². The second-order valence-electron chi connectivity index (χ2n) is 0.822. The normalized spacial score (nSPS) is 7.71. The molecule has 0 unspecified atom stereocenters. The van der Waals surface area contributed by atoms with Crippen molar-refractivity contribution in [2.45, 2.75) is 0 Å². The molecule has 0 saturated carbocycles. The van der Waals surface area contributed by atoms with E-state index in [1.807, 2.05) is 0 Å². The number of amides is 2. The fourth-order valence-electron chi connectivity index (χ4n) is 0.132. The molecule has 0 saturated heterocycles. The van der Waals surface area contributed by atoms with Gasteiger partial charge in [-0.15, -0.1) is 0 Å². The Kier molecular flexibility index (Phi) is 2.99. The Hall–Kier alpha value is -0.810. The smallest absolute Gasteiger partial charge is 0.324 e. The zero-order chi connectivity index (χ0) is 5.70. The minimum absolute atomic E-state index is 0.0202. The van der Waals surface area contributed by atoms with E-state index < -0.39 is 6.03 Å². The quantitative estimate of drug-likeness (QED) is 0.188. The van der Waals surface area contributed by atoms with Crippen molar-refractivity contribution in [1.29, 1.82) is 0 Å². The van der Waals surface area contributed by atoms with Gasteiger partial charge >= 0.3 is 6.03 Å². The highest BCUT2D eigenvalue weighted by atomic mass is 16.5. The number of nitrogens with two attached hydrogens (primary N) is 1. The first-order valence-electron chi connectivity index (χ1n) is 1.69. The Morgan fingerprint density at radius 2 is 2.43 bits per heavy atom. The maximum absolute atomic E-state index is 9.86. The van der Waals surface area contributed by atoms with Crippen LogP contribution in [-0.4, -0.2) is 17.9 Å². The number of hydroxylamine groups is 1. The van der Waals surface area contributed by atoms with Crippen molar-refractivity contribution in [2.75, 3.05) is 6.67 Å². The summed E-state index contributed by atoms with van der Waals surface area (Å²) < 4.78 is 0. The second kappa shape index (κ2) is 3.38. The molecule has 0 atom stereocenters. The summed E-state index contributed by atoms with van der Waals surface area (Å²) in [5.41, 5.74) is 6.16. The number of carbonyl (C=O) groups excluding carboxylic acids is 1. The van der Waals surface area contributed by atoms with E-state index in [0.717, 1.165) is 0 Å². The van der Waals surface area contributed by atoms with Crippen LogP contribution in [0.15, 0.2) is 0 Å². The van der Waals surface area contributed by atoms with Crippen LogP contribution < -0.4 is 16.5 Å². The molecule has 0 heterocycles. The molecule has 0 bridgehead atoms. The topological polar surface area (TPSA) is 87.4 Å². The van der Waals surface area contributed by atoms with E-state index in [2.05, 4.69) is 5.32 Å². The second-order valence-corrected chi connectivity index (χ2v) is 0.822. The van der Waals surface area contributed by atoms with Crippen molar-refractivity contribution < 1.29 is 10.0 Å². The lowest BCUT2D eigenvalue weighted by Crippen LogP contribution is -2.36. The van der Waals surface area contributed by atoms with Crippen LogP contribution in [0.25, 0.3) is 0 Å². The highest BCUT2D eigenvalue weighted by Gasteiger charge is 1.88. The van der Waals surface area contributed by atoms with Crippen molar-refractivity contribution in [3.8, 4) is 0 Å². The Bertz CT molecular complexity index is 64.0. The van der Waals surface area contributed by atoms with Crippen LogP contribution in [-0.2, 0) is 0 Å². The molecule has 0 aliphatic rings. The standard InChI is InChI=1S/C2H7N3O2/c3-1-4-2(6)5-7/h7H,1,3H2,(H2,4,5,6). The summed E-state index contributed by atoms with van der Waals surface area (Å²) in [5.74, 6) is 0. The number of hydrogen-bond acceptors (Lipinski definition) is 3. The summed E-state index contributed by atoms with van der Waals surface area (Å²) in [5, 5.41) is 9.82. The highest BCUT2D eigenvalue weighted by Crippen LogP contribution is 1.51. The largest absolute Gasteiger partial charge is 0.339 e. The molecule has 5 nitrogen and oxygen atoms in total. The Balaban J connectivity index is 3.00. The van der Waals surface area contributed by atoms with E-state index in [-0.39, 0.29) is 6.67 Å². The minimum Gasteiger partial charge on any atom is -0.324 e. The number of hydrogen-bond donors (Lipinski definition) is 4. The molecule has 0 aromatic rings. The van der Waals surface area contributed by atoms with Gasteiger partial charge in [-0.05, 0) is 0 Å². The SMILES string of the molecule is NCNC(=O)NO. The van der Waals surface area contributed by atoms with Crippen LogP contribution in [0.5, 0.6) is 0 Å². The van der Waals surface area contributed by atoms with Crippen LogP contribution in [0.2, 0.25) is 0 Å². The van der Waals surface area contributed by atoms with E-state index >= 15 is 0 Å². The number of carbonyl (C=O) groups is 1. The number of nitrogens with one attached hydrogen (secondary N) is 2. The molecule has 0 rings (SSSR count). The molecular weight excluding hydrogens is 98.0 g/mol. The van der Waals surface area contributed by atoms with Gasteiger partial charge in [0.1, 0.15) is 0 Å². The third kappa shape index (κ3) is 3.01. The zero-order valence-corrected chi connectivity index (χ0v) is 3.64. The summed E-state index contributed by atoms with van der Waals surface area (Å²) in [6, 6.07) is -0.692. The predicted octanol–water partition coefficient (Wildman–Crippen LogP) is -1.41. The molecule has 0 fully saturated rings. The van der Waals surface area contributed by atoms with Gasteiger partial charge in [-0.25, -0.2) is 10.3 Å². The summed E-state index contributed by atoms with van der Waals surface area (Å²) in [6.07, 6.45) is 0. The first kappa shape index (κ1) is 6.19. The lowest BCUT2D eigenvalue weighted by molar-refractivity contribution is 0.162. The summed E-state index contributed by atoms with van der Waals surface area (Å²) in [6.45, 7) is 0.0202. The van der Waals surface area contributed by atoms with Crippen LogP contribution in [0.1, 0.15) is 0 Å². The van der Waals surface area contributed by atoms with Crippen LogP contribution in [0, 0.1) is 0 Å². The molecule has 0 aromatic carbocycles. The van der Waals surface area contributed by atoms with Crippen molar-refractivity contribution in [3.05, 3.63) is 0 Å². The molecule has 0 aliphatic carbocycles. The first-order valence-corrected chi connectivity index (χ1v) is 1.69. The first-order chi connectivity index (χ1) is 3.31. The molecule has 5 heteroatoms. The van der Waals surface area contributed by atoms with Crippen molar-refractivity contribution in [2.24, 2.45) is 5.73 Å². The van der Waals surface area contributed by atoms with Gasteiger partial charge in [0, 0.05) is 0 Å². The predicted molar refractivity (Wildman–Crippen MR) is 22.5 cm³/mol.